The van der Waals surface area contributed by atoms with Crippen LogP contribution in [0.1, 0.15) is 5.69 Å². The quantitative estimate of drug-likeness (QED) is 0.373. The van der Waals surface area contributed by atoms with E-state index in [2.05, 4.69) is 30.3 Å². The summed E-state index contributed by atoms with van der Waals surface area (Å²) in [5.41, 5.74) is 8.59. The van der Waals surface area contributed by atoms with Crippen LogP contribution in [0.15, 0.2) is 42.5 Å². The van der Waals surface area contributed by atoms with Crippen molar-refractivity contribution in [1.82, 2.24) is 30.2 Å². The lowest BCUT2D eigenvalue weighted by atomic mass is 10.2. The van der Waals surface area contributed by atoms with E-state index in [0.717, 1.165) is 11.1 Å². The highest BCUT2D eigenvalue weighted by atomic mass is 35.5. The van der Waals surface area contributed by atoms with E-state index in [1.807, 2.05) is 6.07 Å². The highest BCUT2D eigenvalue weighted by Crippen LogP contribution is 2.37. The molecule has 11 heteroatoms. The molecule has 5 aromatic rings. The molecule has 2 aromatic carbocycles. The summed E-state index contributed by atoms with van der Waals surface area (Å²) in [4.78, 5) is 7.62. The summed E-state index contributed by atoms with van der Waals surface area (Å²) < 4.78 is 7.64. The molecule has 9 nitrogen and oxygen atoms in total. The fourth-order valence-electron chi connectivity index (χ4n) is 3.23. The number of aromatic amines is 1. The monoisotopic (exact) mass is 450 g/mol. The van der Waals surface area contributed by atoms with Gasteiger partial charge in [-0.25, -0.2) is 14.5 Å². The SMILES string of the molecule is [C-]#[N+]c1cc(Cl)cc(Oc2c(Cl)ccc3c2nnn3Cc2n[nH]c3nc(N)ccc23)c1. The van der Waals surface area contributed by atoms with Crippen LogP contribution < -0.4 is 10.5 Å². The average molecular weight is 451 g/mol. The molecular weight excluding hydrogens is 439 g/mol. The number of rotatable bonds is 4. The van der Waals surface area contributed by atoms with E-state index < -0.39 is 0 Å². The van der Waals surface area contributed by atoms with Gasteiger partial charge in [0.2, 0.25) is 0 Å². The zero-order chi connectivity index (χ0) is 21.5. The number of nitrogen functional groups attached to an aromatic ring is 1. The van der Waals surface area contributed by atoms with Gasteiger partial charge in [-0.1, -0.05) is 28.4 Å². The fourth-order valence-corrected chi connectivity index (χ4v) is 3.64. The predicted octanol–water partition coefficient (Wildman–Crippen LogP) is 4.98. The largest absolute Gasteiger partial charge is 0.455 e. The van der Waals surface area contributed by atoms with Gasteiger partial charge in [-0.2, -0.15) is 5.10 Å². The number of hydrogen-bond donors (Lipinski definition) is 2. The number of pyridine rings is 1. The van der Waals surface area contributed by atoms with Gasteiger partial charge in [-0.3, -0.25) is 5.10 Å². The van der Waals surface area contributed by atoms with Crippen LogP contribution >= 0.6 is 23.2 Å². The lowest BCUT2D eigenvalue weighted by Gasteiger charge is -2.09. The van der Waals surface area contributed by atoms with Gasteiger partial charge in [0.05, 0.1) is 29.4 Å². The van der Waals surface area contributed by atoms with Crippen molar-refractivity contribution in [3.63, 3.8) is 0 Å². The predicted molar refractivity (Wildman–Crippen MR) is 118 cm³/mol. The summed E-state index contributed by atoms with van der Waals surface area (Å²) in [6.07, 6.45) is 0. The minimum atomic E-state index is 0.324. The topological polar surface area (TPSA) is 112 Å². The Morgan fingerprint density at radius 1 is 1.16 bits per heavy atom. The first-order valence-corrected chi connectivity index (χ1v) is 9.74. The Balaban J connectivity index is 1.54. The molecule has 0 amide bonds. The minimum Gasteiger partial charge on any atom is -0.455 e. The molecule has 0 atom stereocenters. The van der Waals surface area contributed by atoms with Gasteiger partial charge in [0.15, 0.2) is 22.6 Å². The molecule has 0 radical (unpaired) electrons. The number of H-pyrrole nitrogens is 1. The third-order valence-corrected chi connectivity index (χ3v) is 5.14. The number of fused-ring (bicyclic) bond motifs is 2. The third kappa shape index (κ3) is 3.48. The Hall–Kier alpha value is -3.87. The van der Waals surface area contributed by atoms with Gasteiger partial charge in [0.1, 0.15) is 11.6 Å². The van der Waals surface area contributed by atoms with E-state index in [1.54, 1.807) is 41.1 Å². The Morgan fingerprint density at radius 2 is 2.03 bits per heavy atom. The van der Waals surface area contributed by atoms with Gasteiger partial charge in [0, 0.05) is 10.4 Å². The van der Waals surface area contributed by atoms with Crippen LogP contribution in [-0.4, -0.2) is 30.2 Å². The number of ether oxygens (including phenoxy) is 1. The van der Waals surface area contributed by atoms with Crippen LogP contribution in [0.25, 0.3) is 26.9 Å². The molecule has 5 rings (SSSR count). The number of halogens is 2. The van der Waals surface area contributed by atoms with E-state index in [1.165, 1.54) is 0 Å². The molecule has 31 heavy (non-hydrogen) atoms. The number of aromatic nitrogens is 6. The van der Waals surface area contributed by atoms with Gasteiger partial charge < -0.3 is 10.5 Å². The van der Waals surface area contributed by atoms with Crippen molar-refractivity contribution in [2.24, 2.45) is 0 Å². The lowest BCUT2D eigenvalue weighted by Crippen LogP contribution is -2.02. The minimum absolute atomic E-state index is 0.324. The van der Waals surface area contributed by atoms with Gasteiger partial charge in [-0.05, 0) is 42.5 Å². The van der Waals surface area contributed by atoms with Crippen LogP contribution in [-0.2, 0) is 6.54 Å². The summed E-state index contributed by atoms with van der Waals surface area (Å²) in [7, 11) is 0. The van der Waals surface area contributed by atoms with E-state index >= 15 is 0 Å². The molecule has 0 fully saturated rings. The number of hydrogen-bond acceptors (Lipinski definition) is 6. The third-order valence-electron chi connectivity index (χ3n) is 4.62. The Morgan fingerprint density at radius 3 is 2.87 bits per heavy atom. The summed E-state index contributed by atoms with van der Waals surface area (Å²) in [5.74, 6) is 1.11. The summed E-state index contributed by atoms with van der Waals surface area (Å²) >= 11 is 12.5. The van der Waals surface area contributed by atoms with E-state index in [9.17, 15) is 0 Å². The number of nitrogens with two attached hydrogens (primary N) is 1. The second-order valence-corrected chi connectivity index (χ2v) is 7.50. The normalized spacial score (nSPS) is 11.1. The van der Waals surface area contributed by atoms with Crippen molar-refractivity contribution in [2.75, 3.05) is 5.73 Å². The van der Waals surface area contributed by atoms with E-state index in [-0.39, 0.29) is 0 Å². The van der Waals surface area contributed by atoms with Crippen LogP contribution in [0.4, 0.5) is 11.5 Å². The van der Waals surface area contributed by atoms with Crippen LogP contribution in [0.2, 0.25) is 10.0 Å². The molecule has 0 aliphatic carbocycles. The molecule has 0 saturated carbocycles. The van der Waals surface area contributed by atoms with Crippen molar-refractivity contribution < 1.29 is 4.74 Å². The Kier molecular flexibility index (Phi) is 4.58. The number of nitrogens with one attached hydrogen (secondary N) is 1. The molecule has 3 aromatic heterocycles. The molecule has 3 N–H and O–H groups in total. The highest BCUT2D eigenvalue weighted by molar-refractivity contribution is 6.33. The molecule has 152 valence electrons. The van der Waals surface area contributed by atoms with Crippen LogP contribution in [0.5, 0.6) is 11.5 Å². The summed E-state index contributed by atoms with van der Waals surface area (Å²) in [5, 5.41) is 17.3. The summed E-state index contributed by atoms with van der Waals surface area (Å²) in [6, 6.07) is 11.8. The highest BCUT2D eigenvalue weighted by Gasteiger charge is 2.17. The number of nitrogens with zero attached hydrogens (tertiary/aromatic N) is 6. The molecule has 0 saturated heterocycles. The molecular formula is C20H12Cl2N8O. The Labute approximate surface area is 185 Å². The van der Waals surface area contributed by atoms with Crippen molar-refractivity contribution >= 4 is 56.8 Å². The molecule has 0 aliphatic heterocycles. The molecule has 3 heterocycles. The van der Waals surface area contributed by atoms with Crippen molar-refractivity contribution in [2.45, 2.75) is 6.54 Å². The number of anilines is 1. The maximum Gasteiger partial charge on any atom is 0.192 e. The van der Waals surface area contributed by atoms with Gasteiger partial charge in [0.25, 0.3) is 0 Å². The number of benzene rings is 2. The van der Waals surface area contributed by atoms with Crippen molar-refractivity contribution in [1.29, 1.82) is 0 Å². The molecule has 0 bridgehead atoms. The fraction of sp³-hybridized carbons (Fsp3) is 0.0500. The van der Waals surface area contributed by atoms with E-state index in [0.29, 0.717) is 56.3 Å². The zero-order valence-electron chi connectivity index (χ0n) is 15.7. The van der Waals surface area contributed by atoms with Gasteiger partial charge >= 0.3 is 0 Å². The van der Waals surface area contributed by atoms with Crippen LogP contribution in [0.3, 0.4) is 0 Å². The van der Waals surface area contributed by atoms with Crippen molar-refractivity contribution in [3.05, 3.63) is 69.6 Å². The summed E-state index contributed by atoms with van der Waals surface area (Å²) in [6.45, 7) is 7.54. The maximum absolute atomic E-state index is 7.20. The first kappa shape index (κ1) is 19.1. The first-order chi connectivity index (χ1) is 15.0. The smallest absolute Gasteiger partial charge is 0.192 e. The lowest BCUT2D eigenvalue weighted by molar-refractivity contribution is 0.487. The average Bonchev–Trinajstić information content (AvgIpc) is 3.34. The van der Waals surface area contributed by atoms with Crippen LogP contribution in [0, 0.1) is 6.57 Å². The molecule has 0 aliphatic rings. The molecule has 0 spiro atoms. The van der Waals surface area contributed by atoms with Crippen molar-refractivity contribution in [3.8, 4) is 11.5 Å². The standard InChI is InChI=1S/C20H12Cl2N8O/c1-24-11-6-10(21)7-12(8-11)31-19-14(22)3-4-16-18(19)27-29-30(16)9-15-13-2-5-17(23)25-20(13)28-26-15/h2-8H,9H2,(H3,23,25,26,28). The van der Waals surface area contributed by atoms with Gasteiger partial charge in [-0.15, -0.1) is 5.10 Å². The second-order valence-electron chi connectivity index (χ2n) is 6.65. The second kappa shape index (κ2) is 7.43. The molecule has 0 unspecified atom stereocenters. The Bertz CT molecular complexity index is 1500. The first-order valence-electron chi connectivity index (χ1n) is 8.99. The maximum atomic E-state index is 7.20. The van der Waals surface area contributed by atoms with E-state index in [4.69, 9.17) is 40.2 Å². The zero-order valence-corrected chi connectivity index (χ0v) is 17.2.